The molecule has 0 bridgehead atoms. The number of nitrogens with one attached hydrogen (secondary N) is 3. The zero-order valence-electron chi connectivity index (χ0n) is 18.1. The van der Waals surface area contributed by atoms with E-state index in [9.17, 15) is 8.42 Å². The molecule has 1 saturated heterocycles. The fraction of sp³-hybridized carbons (Fsp3) is 0.667. The Morgan fingerprint density at radius 3 is 2.55 bits per heavy atom. The highest BCUT2D eigenvalue weighted by Crippen LogP contribution is 2.16. The van der Waals surface area contributed by atoms with E-state index in [1.165, 1.54) is 32.9 Å². The summed E-state index contributed by atoms with van der Waals surface area (Å²) in [5.41, 5.74) is 1.82. The second-order valence-electron chi connectivity index (χ2n) is 7.64. The second kappa shape index (κ2) is 12.1. The van der Waals surface area contributed by atoms with Gasteiger partial charge in [-0.25, -0.2) is 18.1 Å². The number of hydrogen-bond acceptors (Lipinski definition) is 4. The fourth-order valence-corrected chi connectivity index (χ4v) is 4.30. The molecule has 0 amide bonds. The van der Waals surface area contributed by atoms with E-state index in [0.29, 0.717) is 12.6 Å². The fourth-order valence-electron chi connectivity index (χ4n) is 3.52. The molecule has 2 rings (SSSR count). The van der Waals surface area contributed by atoms with Crippen molar-refractivity contribution in [2.45, 2.75) is 57.9 Å². The standard InChI is InChI=1S/C21H37N5O2S/c1-4-23-21(24-13-7-15-26-14-6-5-8-18(26)2)25-16-19-9-11-20(12-10-19)17-29(27,28)22-3/h9-12,18,22H,4-8,13-17H2,1-3H3,(H2,23,24,25). The van der Waals surface area contributed by atoms with Gasteiger partial charge in [0.15, 0.2) is 5.96 Å². The van der Waals surface area contributed by atoms with Crippen molar-refractivity contribution in [3.63, 3.8) is 0 Å². The molecule has 164 valence electrons. The highest BCUT2D eigenvalue weighted by molar-refractivity contribution is 7.88. The topological polar surface area (TPSA) is 85.8 Å². The Kier molecular flexibility index (Phi) is 9.90. The third-order valence-electron chi connectivity index (χ3n) is 5.31. The van der Waals surface area contributed by atoms with Crippen LogP contribution in [-0.2, 0) is 22.3 Å². The molecule has 1 aromatic carbocycles. The van der Waals surface area contributed by atoms with Crippen LogP contribution in [0, 0.1) is 0 Å². The second-order valence-corrected chi connectivity index (χ2v) is 9.56. The lowest BCUT2D eigenvalue weighted by atomic mass is 10.0. The van der Waals surface area contributed by atoms with Crippen molar-refractivity contribution < 1.29 is 8.42 Å². The Morgan fingerprint density at radius 1 is 1.17 bits per heavy atom. The summed E-state index contributed by atoms with van der Waals surface area (Å²) in [7, 11) is -1.81. The van der Waals surface area contributed by atoms with Gasteiger partial charge in [0, 0.05) is 25.7 Å². The maximum atomic E-state index is 11.6. The summed E-state index contributed by atoms with van der Waals surface area (Å²) in [6, 6.07) is 8.27. The summed E-state index contributed by atoms with van der Waals surface area (Å²) in [4.78, 5) is 7.24. The molecule has 0 aliphatic carbocycles. The largest absolute Gasteiger partial charge is 0.357 e. The normalized spacial score (nSPS) is 18.6. The van der Waals surface area contributed by atoms with Crippen LogP contribution in [0.25, 0.3) is 0 Å². The third-order valence-corrected chi connectivity index (χ3v) is 6.65. The van der Waals surface area contributed by atoms with Crippen LogP contribution in [-0.4, -0.2) is 58.5 Å². The summed E-state index contributed by atoms with van der Waals surface area (Å²) in [6.45, 7) is 9.01. The molecule has 0 aromatic heterocycles. The molecule has 0 radical (unpaired) electrons. The highest BCUT2D eigenvalue weighted by Gasteiger charge is 2.17. The van der Waals surface area contributed by atoms with Crippen molar-refractivity contribution >= 4 is 16.0 Å². The molecule has 1 aromatic rings. The minimum atomic E-state index is -3.24. The highest BCUT2D eigenvalue weighted by atomic mass is 32.2. The van der Waals surface area contributed by atoms with E-state index in [1.54, 1.807) is 0 Å². The monoisotopic (exact) mass is 423 g/mol. The van der Waals surface area contributed by atoms with Gasteiger partial charge in [-0.3, -0.25) is 0 Å². The van der Waals surface area contributed by atoms with E-state index in [2.05, 4.69) is 39.1 Å². The number of aliphatic imine (C=N–C) groups is 1. The van der Waals surface area contributed by atoms with E-state index >= 15 is 0 Å². The number of hydrogen-bond donors (Lipinski definition) is 3. The van der Waals surface area contributed by atoms with Gasteiger partial charge in [0.2, 0.25) is 10.0 Å². The first-order valence-electron chi connectivity index (χ1n) is 10.7. The molecule has 1 heterocycles. The molecule has 1 aliphatic heterocycles. The first-order chi connectivity index (χ1) is 13.9. The lowest BCUT2D eigenvalue weighted by Crippen LogP contribution is -2.41. The van der Waals surface area contributed by atoms with Gasteiger partial charge in [0.1, 0.15) is 0 Å². The molecule has 3 N–H and O–H groups in total. The zero-order chi connectivity index (χ0) is 21.1. The van der Waals surface area contributed by atoms with E-state index in [-0.39, 0.29) is 5.75 Å². The maximum Gasteiger partial charge on any atom is 0.215 e. The van der Waals surface area contributed by atoms with Crippen LogP contribution in [0.5, 0.6) is 0 Å². The van der Waals surface area contributed by atoms with Crippen LogP contribution in [0.2, 0.25) is 0 Å². The van der Waals surface area contributed by atoms with Gasteiger partial charge in [-0.15, -0.1) is 0 Å². The van der Waals surface area contributed by atoms with Crippen LogP contribution in [0.1, 0.15) is 50.7 Å². The van der Waals surface area contributed by atoms with Gasteiger partial charge < -0.3 is 15.5 Å². The third kappa shape index (κ3) is 8.72. The molecule has 29 heavy (non-hydrogen) atoms. The van der Waals surface area contributed by atoms with Crippen molar-refractivity contribution in [3.05, 3.63) is 35.4 Å². The molecule has 1 aliphatic rings. The van der Waals surface area contributed by atoms with Gasteiger partial charge in [0.05, 0.1) is 12.3 Å². The van der Waals surface area contributed by atoms with Gasteiger partial charge in [0.25, 0.3) is 0 Å². The predicted molar refractivity (Wildman–Crippen MR) is 120 cm³/mol. The first-order valence-corrected chi connectivity index (χ1v) is 12.3. The van der Waals surface area contributed by atoms with Crippen LogP contribution in [0.4, 0.5) is 0 Å². The molecule has 1 unspecified atom stereocenters. The van der Waals surface area contributed by atoms with Crippen LogP contribution in [0.15, 0.2) is 29.3 Å². The minimum Gasteiger partial charge on any atom is -0.357 e. The quantitative estimate of drug-likeness (QED) is 0.305. The van der Waals surface area contributed by atoms with E-state index in [1.807, 2.05) is 24.3 Å². The first kappa shape index (κ1) is 23.6. The Labute approximate surface area is 176 Å². The van der Waals surface area contributed by atoms with E-state index < -0.39 is 10.0 Å². The lowest BCUT2D eigenvalue weighted by molar-refractivity contribution is 0.159. The van der Waals surface area contributed by atoms with Crippen LogP contribution >= 0.6 is 0 Å². The molecule has 0 spiro atoms. The number of benzene rings is 1. The summed E-state index contributed by atoms with van der Waals surface area (Å²) in [5, 5.41) is 6.71. The predicted octanol–water partition coefficient (Wildman–Crippen LogP) is 2.06. The Morgan fingerprint density at radius 2 is 1.90 bits per heavy atom. The molecular weight excluding hydrogens is 386 g/mol. The molecular formula is C21H37N5O2S. The van der Waals surface area contributed by atoms with Crippen molar-refractivity contribution in [3.8, 4) is 0 Å². The number of guanidine groups is 1. The smallest absolute Gasteiger partial charge is 0.215 e. The average Bonchev–Trinajstić information content (AvgIpc) is 2.71. The van der Waals surface area contributed by atoms with Crippen LogP contribution < -0.4 is 15.4 Å². The van der Waals surface area contributed by atoms with Gasteiger partial charge in [-0.1, -0.05) is 30.7 Å². The summed E-state index contributed by atoms with van der Waals surface area (Å²) in [5.74, 6) is 0.813. The number of nitrogens with zero attached hydrogens (tertiary/aromatic N) is 2. The van der Waals surface area contributed by atoms with E-state index in [4.69, 9.17) is 0 Å². The van der Waals surface area contributed by atoms with Crippen molar-refractivity contribution in [1.82, 2.24) is 20.3 Å². The maximum absolute atomic E-state index is 11.6. The summed E-state index contributed by atoms with van der Waals surface area (Å²) >= 11 is 0. The van der Waals surface area contributed by atoms with Crippen LogP contribution in [0.3, 0.4) is 0 Å². The Balaban J connectivity index is 1.80. The van der Waals surface area contributed by atoms with Gasteiger partial charge in [-0.05, 0) is 57.8 Å². The number of likely N-dealkylation sites (tertiary alicyclic amines) is 1. The Bertz CT molecular complexity index is 734. The number of sulfonamides is 1. The van der Waals surface area contributed by atoms with E-state index in [0.717, 1.165) is 43.1 Å². The van der Waals surface area contributed by atoms with Gasteiger partial charge >= 0.3 is 0 Å². The molecule has 1 fully saturated rings. The van der Waals surface area contributed by atoms with Crippen molar-refractivity contribution in [2.75, 3.05) is 33.2 Å². The van der Waals surface area contributed by atoms with Gasteiger partial charge in [-0.2, -0.15) is 0 Å². The zero-order valence-corrected chi connectivity index (χ0v) is 18.9. The van der Waals surface area contributed by atoms with Crippen molar-refractivity contribution in [2.24, 2.45) is 4.99 Å². The summed E-state index contributed by atoms with van der Waals surface area (Å²) < 4.78 is 25.6. The van der Waals surface area contributed by atoms with Crippen molar-refractivity contribution in [1.29, 1.82) is 0 Å². The summed E-state index contributed by atoms with van der Waals surface area (Å²) in [6.07, 6.45) is 5.10. The SMILES string of the molecule is CCNC(=NCc1ccc(CS(=O)(=O)NC)cc1)NCCCN1CCCCC1C. The number of rotatable bonds is 10. The minimum absolute atomic E-state index is 0.00706. The molecule has 1 atom stereocenters. The number of piperidine rings is 1. The molecule has 7 nitrogen and oxygen atoms in total. The lowest BCUT2D eigenvalue weighted by Gasteiger charge is -2.33. The average molecular weight is 424 g/mol. The Hall–Kier alpha value is -1.64. The molecule has 8 heteroatoms. The molecule has 0 saturated carbocycles.